The lowest BCUT2D eigenvalue weighted by Gasteiger charge is -2.23. The number of benzene rings is 2. The number of amides is 1. The van der Waals surface area contributed by atoms with Crippen LogP contribution in [0.2, 0.25) is 0 Å². The fraction of sp³-hybridized carbons (Fsp3) is 0.192. The number of hydrogen-bond donors (Lipinski definition) is 2. The number of carbonyl (C=O) groups is 1. The molecule has 0 atom stereocenters. The van der Waals surface area contributed by atoms with Gasteiger partial charge < -0.3 is 10.8 Å². The van der Waals surface area contributed by atoms with Crippen molar-refractivity contribution in [3.8, 4) is 22.4 Å². The highest BCUT2D eigenvalue weighted by Gasteiger charge is 2.38. The molecule has 9 nitrogen and oxygen atoms in total. The highest BCUT2D eigenvalue weighted by Crippen LogP contribution is 2.42. The molecule has 0 saturated heterocycles. The van der Waals surface area contributed by atoms with Crippen LogP contribution in [0.5, 0.6) is 0 Å². The van der Waals surface area contributed by atoms with E-state index < -0.39 is 65.8 Å². The van der Waals surface area contributed by atoms with Crippen molar-refractivity contribution in [1.29, 1.82) is 0 Å². The van der Waals surface area contributed by atoms with Crippen molar-refractivity contribution < 1.29 is 35.9 Å². The molecule has 2 aromatic carbocycles. The molecule has 0 unspecified atom stereocenters. The second-order valence-corrected chi connectivity index (χ2v) is 10.7. The number of halogens is 4. The minimum atomic E-state index is -5.44. The van der Waals surface area contributed by atoms with Crippen LogP contribution in [0.1, 0.15) is 32.3 Å². The van der Waals surface area contributed by atoms with E-state index in [0.29, 0.717) is 23.8 Å². The molecule has 210 valence electrons. The topological polar surface area (TPSA) is 131 Å². The third-order valence-corrected chi connectivity index (χ3v) is 7.75. The number of aromatic nitrogens is 3. The lowest BCUT2D eigenvalue weighted by molar-refractivity contribution is 0.206. The van der Waals surface area contributed by atoms with Crippen molar-refractivity contribution in [2.24, 2.45) is 0 Å². The highest BCUT2D eigenvalue weighted by atomic mass is 32.2. The summed E-state index contributed by atoms with van der Waals surface area (Å²) in [5.41, 5.74) is 3.90. The lowest BCUT2D eigenvalue weighted by atomic mass is 9.94. The first-order chi connectivity index (χ1) is 18.8. The van der Waals surface area contributed by atoms with Crippen LogP contribution in [0.4, 0.5) is 33.9 Å². The first-order valence-electron chi connectivity index (χ1n) is 11.8. The number of nitrogens with two attached hydrogens (primary N) is 1. The van der Waals surface area contributed by atoms with Gasteiger partial charge in [0.1, 0.15) is 39.5 Å². The Morgan fingerprint density at radius 2 is 1.80 bits per heavy atom. The molecule has 4 aromatic rings. The van der Waals surface area contributed by atoms with Crippen molar-refractivity contribution in [2.45, 2.75) is 38.1 Å². The molecule has 2 aromatic heterocycles. The zero-order valence-corrected chi connectivity index (χ0v) is 22.2. The van der Waals surface area contributed by atoms with Gasteiger partial charge in [0, 0.05) is 24.5 Å². The molecular formula is C26H23F4N5O4S. The average molecular weight is 578 g/mol. The summed E-state index contributed by atoms with van der Waals surface area (Å²) >= 11 is 0. The Morgan fingerprint density at radius 1 is 1.10 bits per heavy atom. The number of pyridine rings is 1. The second kappa shape index (κ2) is 10.6. The molecule has 2 heterocycles. The molecule has 0 fully saturated rings. The van der Waals surface area contributed by atoms with Gasteiger partial charge in [0.05, 0.1) is 5.56 Å². The fourth-order valence-electron chi connectivity index (χ4n) is 4.12. The molecule has 0 aliphatic heterocycles. The van der Waals surface area contributed by atoms with Crippen molar-refractivity contribution in [3.05, 3.63) is 77.6 Å². The summed E-state index contributed by atoms with van der Waals surface area (Å²) in [4.78, 5) is 14.8. The average Bonchev–Trinajstić information content (AvgIpc) is 3.30. The molecule has 40 heavy (non-hydrogen) atoms. The molecule has 1 amide bonds. The number of anilines is 2. The van der Waals surface area contributed by atoms with Gasteiger partial charge >= 0.3 is 6.09 Å². The van der Waals surface area contributed by atoms with E-state index in [1.54, 1.807) is 6.92 Å². The SMILES string of the molecule is CCn1cc(-c2ccnc(N)c2)c(-c2c(F)c(C(C)C)cc(N(C(=O)O)S(=O)(=O)c3cc(F)ccc3F)c2F)n1. The standard InChI is InChI=1S/C26H23F4N5O4S/c1-4-34-12-17(14-7-8-32-21(31)9-14)25(33-34)22-23(29)16(13(2)3)11-19(24(22)30)35(26(36)37)40(38,39)20-10-15(27)5-6-18(20)28/h5-13H,4H2,1-3H3,(H2,31,32)(H,36,37). The molecule has 4 rings (SSSR count). The van der Waals surface area contributed by atoms with E-state index in [1.807, 2.05) is 0 Å². The van der Waals surface area contributed by atoms with Gasteiger partial charge in [-0.2, -0.15) is 9.40 Å². The third kappa shape index (κ3) is 4.97. The molecule has 0 aliphatic rings. The Labute approximate surface area is 226 Å². The van der Waals surface area contributed by atoms with Gasteiger partial charge in [-0.05, 0) is 60.4 Å². The first kappa shape index (κ1) is 28.5. The maximum absolute atomic E-state index is 16.3. The normalized spacial score (nSPS) is 11.7. The number of aryl methyl sites for hydroxylation is 1. The van der Waals surface area contributed by atoms with E-state index in [0.717, 1.165) is 0 Å². The quantitative estimate of drug-likeness (QED) is 0.267. The molecule has 14 heteroatoms. The third-order valence-electron chi connectivity index (χ3n) is 6.05. The summed E-state index contributed by atoms with van der Waals surface area (Å²) in [6, 6.07) is 5.04. The summed E-state index contributed by atoms with van der Waals surface area (Å²) in [5, 5.41) is 14.2. The summed E-state index contributed by atoms with van der Waals surface area (Å²) in [5.74, 6) is -5.96. The van der Waals surface area contributed by atoms with Crippen molar-refractivity contribution in [1.82, 2.24) is 14.8 Å². The molecular weight excluding hydrogens is 554 g/mol. The maximum Gasteiger partial charge on any atom is 0.426 e. The van der Waals surface area contributed by atoms with E-state index in [1.165, 1.54) is 43.1 Å². The Bertz CT molecular complexity index is 1740. The van der Waals surface area contributed by atoms with Crippen molar-refractivity contribution in [2.75, 3.05) is 10.0 Å². The van der Waals surface area contributed by atoms with Gasteiger partial charge in [0.2, 0.25) is 0 Å². The van der Waals surface area contributed by atoms with Crippen LogP contribution in [0, 0.1) is 23.3 Å². The minimum Gasteiger partial charge on any atom is -0.464 e. The van der Waals surface area contributed by atoms with E-state index in [4.69, 9.17) is 5.73 Å². The Morgan fingerprint density at radius 3 is 2.40 bits per heavy atom. The first-order valence-corrected chi connectivity index (χ1v) is 13.3. The summed E-state index contributed by atoms with van der Waals surface area (Å²) in [6.45, 7) is 5.04. The molecule has 0 bridgehead atoms. The molecule has 0 aliphatic carbocycles. The number of hydrogen-bond acceptors (Lipinski definition) is 6. The van der Waals surface area contributed by atoms with Gasteiger partial charge in [-0.25, -0.2) is 35.8 Å². The second-order valence-electron chi connectivity index (χ2n) is 8.99. The number of carboxylic acid groups (broad SMARTS) is 1. The molecule has 3 N–H and O–H groups in total. The monoisotopic (exact) mass is 577 g/mol. The van der Waals surface area contributed by atoms with Gasteiger partial charge in [0.25, 0.3) is 10.0 Å². The number of nitrogens with zero attached hydrogens (tertiary/aromatic N) is 4. The zero-order chi connectivity index (χ0) is 29.5. The number of nitrogen functional groups attached to an aromatic ring is 1. The van der Waals surface area contributed by atoms with Crippen LogP contribution in [0.3, 0.4) is 0 Å². The van der Waals surface area contributed by atoms with Crippen molar-refractivity contribution >= 4 is 27.6 Å². The Balaban J connectivity index is 2.08. The zero-order valence-electron chi connectivity index (χ0n) is 21.4. The van der Waals surface area contributed by atoms with Crippen LogP contribution < -0.4 is 10.0 Å². The largest absolute Gasteiger partial charge is 0.464 e. The summed E-state index contributed by atoms with van der Waals surface area (Å²) < 4.78 is 88.2. The minimum absolute atomic E-state index is 0.102. The number of rotatable bonds is 7. The highest BCUT2D eigenvalue weighted by molar-refractivity contribution is 7.93. The van der Waals surface area contributed by atoms with Gasteiger partial charge in [-0.15, -0.1) is 0 Å². The fourth-order valence-corrected chi connectivity index (χ4v) is 5.49. The van der Waals surface area contributed by atoms with Crippen LogP contribution in [0.15, 0.2) is 53.7 Å². The maximum atomic E-state index is 16.3. The van der Waals surface area contributed by atoms with Crippen LogP contribution in [-0.2, 0) is 16.6 Å². The summed E-state index contributed by atoms with van der Waals surface area (Å²) in [7, 11) is -5.44. The van der Waals surface area contributed by atoms with Gasteiger partial charge in [0.15, 0.2) is 5.82 Å². The smallest absolute Gasteiger partial charge is 0.426 e. The van der Waals surface area contributed by atoms with E-state index in [9.17, 15) is 27.1 Å². The predicted molar refractivity (Wildman–Crippen MR) is 139 cm³/mol. The van der Waals surface area contributed by atoms with E-state index in [2.05, 4.69) is 10.1 Å². The van der Waals surface area contributed by atoms with E-state index in [-0.39, 0.29) is 35.2 Å². The van der Waals surface area contributed by atoms with Gasteiger partial charge in [-0.3, -0.25) is 4.68 Å². The Hall–Kier alpha value is -4.46. The molecule has 0 saturated carbocycles. The predicted octanol–water partition coefficient (Wildman–Crippen LogP) is 5.77. The van der Waals surface area contributed by atoms with Crippen molar-refractivity contribution in [3.63, 3.8) is 0 Å². The number of sulfonamides is 1. The lowest BCUT2D eigenvalue weighted by Crippen LogP contribution is -2.37. The molecule has 0 spiro atoms. The van der Waals surface area contributed by atoms with Gasteiger partial charge in [-0.1, -0.05) is 13.8 Å². The van der Waals surface area contributed by atoms with Crippen LogP contribution in [0.25, 0.3) is 22.4 Å². The Kier molecular flexibility index (Phi) is 7.57. The van der Waals surface area contributed by atoms with Crippen LogP contribution in [-0.4, -0.2) is 34.4 Å². The summed E-state index contributed by atoms with van der Waals surface area (Å²) in [6.07, 6.45) is 0.613. The molecule has 0 radical (unpaired) electrons. The van der Waals surface area contributed by atoms with Crippen LogP contribution >= 0.6 is 0 Å². The van der Waals surface area contributed by atoms with E-state index >= 15 is 8.78 Å².